The van der Waals surface area contributed by atoms with Crippen molar-refractivity contribution in [2.24, 2.45) is 4.99 Å². The first-order chi connectivity index (χ1) is 13.0. The van der Waals surface area contributed by atoms with Crippen LogP contribution >= 0.6 is 22.9 Å². The van der Waals surface area contributed by atoms with Crippen LogP contribution < -0.4 is 9.47 Å². The highest BCUT2D eigenvalue weighted by Crippen LogP contribution is 2.36. The number of aliphatic imine (C=N–C) groups is 1. The smallest absolute Gasteiger partial charge is 0.181 e. The predicted molar refractivity (Wildman–Crippen MR) is 114 cm³/mol. The first-order valence-electron chi connectivity index (χ1n) is 8.39. The minimum atomic E-state index is 0.603. The normalized spacial score (nSPS) is 14.9. The van der Waals surface area contributed by atoms with E-state index in [9.17, 15) is 0 Å². The number of hydrogen-bond acceptors (Lipinski definition) is 5. The molecule has 2 aromatic rings. The van der Waals surface area contributed by atoms with Crippen LogP contribution in [0.2, 0.25) is 0 Å². The first-order valence-corrected chi connectivity index (χ1v) is 9.65. The maximum Gasteiger partial charge on any atom is 0.181 e. The fourth-order valence-corrected chi connectivity index (χ4v) is 3.90. The Balaban J connectivity index is 1.87. The van der Waals surface area contributed by atoms with E-state index in [0.29, 0.717) is 6.54 Å². The van der Waals surface area contributed by atoms with Crippen molar-refractivity contribution >= 4 is 35.4 Å². The summed E-state index contributed by atoms with van der Waals surface area (Å²) in [5.41, 5.74) is 3.91. The highest BCUT2D eigenvalue weighted by atomic mass is 35.5. The van der Waals surface area contributed by atoms with Gasteiger partial charge in [-0.15, -0.1) is 11.3 Å². The lowest BCUT2D eigenvalue weighted by Crippen LogP contribution is -2.21. The molecule has 0 radical (unpaired) electrons. The Morgan fingerprint density at radius 1 is 1.26 bits per heavy atom. The topological polar surface area (TPSA) is 34.1 Å². The number of allylic oxidation sites excluding steroid dienone is 3. The van der Waals surface area contributed by atoms with Crippen LogP contribution in [0.1, 0.15) is 19.4 Å². The average molecular weight is 401 g/mol. The molecule has 140 valence electrons. The average Bonchev–Trinajstić information content (AvgIpc) is 3.09. The molecular formula is C21H21ClN2O2S. The lowest BCUT2D eigenvalue weighted by Gasteiger charge is -2.27. The lowest BCUT2D eigenvalue weighted by molar-refractivity contribution is 0.413. The molecule has 0 saturated heterocycles. The number of halogens is 1. The second-order valence-corrected chi connectivity index (χ2v) is 7.48. The second kappa shape index (κ2) is 8.46. The van der Waals surface area contributed by atoms with E-state index in [-0.39, 0.29) is 0 Å². The van der Waals surface area contributed by atoms with E-state index < -0.39 is 0 Å². The standard InChI is InChI=1S/C21H21ClN2O2S/c1-14-9-17(22)12-24(11-14)21(15(2)23-3)16-10-20(27-13-16)26-19-7-5-18(25-4)6-8-19/h5-11,13H,3,12H2,1-2,4H3/b21-15-. The summed E-state index contributed by atoms with van der Waals surface area (Å²) in [7, 11) is 1.64. The molecule has 0 N–H and O–H groups in total. The van der Waals surface area contributed by atoms with Crippen molar-refractivity contribution in [2.75, 3.05) is 13.7 Å². The number of nitrogens with zero attached hydrogens (tertiary/aromatic N) is 2. The molecule has 0 fully saturated rings. The van der Waals surface area contributed by atoms with Gasteiger partial charge >= 0.3 is 0 Å². The van der Waals surface area contributed by atoms with E-state index in [2.05, 4.69) is 28.2 Å². The molecule has 4 nitrogen and oxygen atoms in total. The SMILES string of the molecule is C=N/C(C)=C(/c1csc(Oc2ccc(OC)cc2)c1)N1C=C(C)C=C(Cl)C1. The van der Waals surface area contributed by atoms with Gasteiger partial charge in [-0.25, -0.2) is 0 Å². The summed E-state index contributed by atoms with van der Waals surface area (Å²) in [6, 6.07) is 9.52. The van der Waals surface area contributed by atoms with Crippen molar-refractivity contribution in [3.8, 4) is 16.6 Å². The zero-order valence-electron chi connectivity index (χ0n) is 15.5. The minimum absolute atomic E-state index is 0.603. The van der Waals surface area contributed by atoms with Crippen molar-refractivity contribution in [3.63, 3.8) is 0 Å². The fourth-order valence-electron chi connectivity index (χ4n) is 2.84. The summed E-state index contributed by atoms with van der Waals surface area (Å²) in [5, 5.41) is 3.64. The molecule has 0 atom stereocenters. The molecule has 1 aliphatic rings. The van der Waals surface area contributed by atoms with E-state index in [1.807, 2.05) is 50.3 Å². The van der Waals surface area contributed by atoms with Gasteiger partial charge in [-0.1, -0.05) is 11.6 Å². The van der Waals surface area contributed by atoms with Gasteiger partial charge in [0.25, 0.3) is 0 Å². The third-order valence-electron chi connectivity index (χ3n) is 4.06. The molecule has 27 heavy (non-hydrogen) atoms. The quantitative estimate of drug-likeness (QED) is 0.535. The van der Waals surface area contributed by atoms with Crippen LogP contribution in [0, 0.1) is 0 Å². The van der Waals surface area contributed by atoms with E-state index in [1.165, 1.54) is 11.3 Å². The van der Waals surface area contributed by atoms with Crippen LogP contribution in [0.5, 0.6) is 16.6 Å². The zero-order chi connectivity index (χ0) is 19.4. The van der Waals surface area contributed by atoms with Gasteiger partial charge in [0.1, 0.15) is 11.5 Å². The Morgan fingerprint density at radius 3 is 2.59 bits per heavy atom. The van der Waals surface area contributed by atoms with Gasteiger partial charge in [-0.05, 0) is 56.5 Å². The fraction of sp³-hybridized carbons (Fsp3) is 0.190. The Hall–Kier alpha value is -2.50. The summed E-state index contributed by atoms with van der Waals surface area (Å²) in [5.74, 6) is 1.55. The highest BCUT2D eigenvalue weighted by molar-refractivity contribution is 7.12. The van der Waals surface area contributed by atoms with Crippen molar-refractivity contribution in [1.82, 2.24) is 4.90 Å². The maximum absolute atomic E-state index is 6.30. The number of hydrogen-bond donors (Lipinski definition) is 0. The predicted octanol–water partition coefficient (Wildman–Crippen LogP) is 6.28. The Morgan fingerprint density at radius 2 is 1.96 bits per heavy atom. The number of thiophene rings is 1. The molecule has 1 aliphatic heterocycles. The van der Waals surface area contributed by atoms with Gasteiger partial charge in [0.05, 0.1) is 25.0 Å². The first kappa shape index (κ1) is 19.3. The number of methoxy groups -OCH3 is 1. The van der Waals surface area contributed by atoms with E-state index in [4.69, 9.17) is 21.1 Å². The third kappa shape index (κ3) is 4.62. The molecule has 3 rings (SSSR count). The number of benzene rings is 1. The third-order valence-corrected chi connectivity index (χ3v) is 5.09. The summed E-state index contributed by atoms with van der Waals surface area (Å²) in [6.45, 7) is 8.26. The van der Waals surface area contributed by atoms with Crippen molar-refractivity contribution in [3.05, 3.63) is 69.9 Å². The van der Waals surface area contributed by atoms with Crippen LogP contribution in [0.25, 0.3) is 5.70 Å². The van der Waals surface area contributed by atoms with Crippen LogP contribution in [-0.4, -0.2) is 25.3 Å². The van der Waals surface area contributed by atoms with Crippen LogP contribution in [0.4, 0.5) is 0 Å². The van der Waals surface area contributed by atoms with Gasteiger partial charge in [0.2, 0.25) is 0 Å². The lowest BCUT2D eigenvalue weighted by atomic mass is 10.1. The molecule has 6 heteroatoms. The molecule has 0 bridgehead atoms. The molecule has 0 aliphatic carbocycles. The van der Waals surface area contributed by atoms with Gasteiger partial charge in [-0.3, -0.25) is 4.99 Å². The summed E-state index contributed by atoms with van der Waals surface area (Å²) in [4.78, 5) is 6.25. The van der Waals surface area contributed by atoms with Crippen molar-refractivity contribution in [1.29, 1.82) is 0 Å². The molecule has 0 spiro atoms. The van der Waals surface area contributed by atoms with Gasteiger partial charge in [-0.2, -0.15) is 0 Å². The second-order valence-electron chi connectivity index (χ2n) is 6.12. The Labute approximate surface area is 168 Å². The Kier molecular flexibility index (Phi) is 6.04. The highest BCUT2D eigenvalue weighted by Gasteiger charge is 2.19. The van der Waals surface area contributed by atoms with E-state index in [1.54, 1.807) is 7.11 Å². The molecular weight excluding hydrogens is 380 g/mol. The van der Waals surface area contributed by atoms with Crippen LogP contribution in [-0.2, 0) is 0 Å². The molecule has 2 heterocycles. The van der Waals surface area contributed by atoms with Crippen LogP contribution in [0.15, 0.2) is 69.3 Å². The monoisotopic (exact) mass is 400 g/mol. The number of rotatable bonds is 6. The summed E-state index contributed by atoms with van der Waals surface area (Å²) in [6.07, 6.45) is 4.04. The van der Waals surface area contributed by atoms with Crippen LogP contribution in [0.3, 0.4) is 0 Å². The van der Waals surface area contributed by atoms with Gasteiger partial charge in [0.15, 0.2) is 5.06 Å². The largest absolute Gasteiger partial charge is 0.497 e. The van der Waals surface area contributed by atoms with Gasteiger partial charge < -0.3 is 14.4 Å². The van der Waals surface area contributed by atoms with E-state index >= 15 is 0 Å². The summed E-state index contributed by atoms with van der Waals surface area (Å²) >= 11 is 7.83. The molecule has 0 amide bonds. The molecule has 1 aromatic heterocycles. The van der Waals surface area contributed by atoms with Crippen molar-refractivity contribution in [2.45, 2.75) is 13.8 Å². The Bertz CT molecular complexity index is 926. The van der Waals surface area contributed by atoms with Crippen molar-refractivity contribution < 1.29 is 9.47 Å². The zero-order valence-corrected chi connectivity index (χ0v) is 17.1. The summed E-state index contributed by atoms with van der Waals surface area (Å²) < 4.78 is 11.2. The van der Waals surface area contributed by atoms with Gasteiger partial charge in [0, 0.05) is 28.2 Å². The molecule has 0 saturated carbocycles. The van der Waals surface area contributed by atoms with E-state index in [0.717, 1.165) is 44.1 Å². The maximum atomic E-state index is 6.30. The number of ether oxygens (including phenoxy) is 2. The minimum Gasteiger partial charge on any atom is -0.497 e. The molecule has 0 unspecified atom stereocenters. The molecule has 1 aromatic carbocycles.